The maximum Gasteiger partial charge on any atom is 0.409 e. The predicted molar refractivity (Wildman–Crippen MR) is 62.2 cm³/mol. The highest BCUT2D eigenvalue weighted by molar-refractivity contribution is 5.74. The van der Waals surface area contributed by atoms with E-state index in [1.807, 2.05) is 13.8 Å². The Morgan fingerprint density at radius 1 is 1.06 bits per heavy atom. The van der Waals surface area contributed by atoms with E-state index in [2.05, 4.69) is 0 Å². The standard InChI is InChI=1S/C9H16N2O3.C2H6/c1-3-14-9(13)11-6-4-10(5-7-11)8(2)12;1-2/h3-7H2,1-2H3;1-2H3. The van der Waals surface area contributed by atoms with Gasteiger partial charge in [0, 0.05) is 33.1 Å². The summed E-state index contributed by atoms with van der Waals surface area (Å²) in [7, 11) is 0. The van der Waals surface area contributed by atoms with Crippen molar-refractivity contribution in [1.82, 2.24) is 9.80 Å². The molecule has 0 saturated carbocycles. The quantitative estimate of drug-likeness (QED) is 0.683. The molecule has 0 atom stereocenters. The molecule has 0 unspecified atom stereocenters. The average molecular weight is 230 g/mol. The Bertz CT molecular complexity index is 223. The van der Waals surface area contributed by atoms with Crippen LogP contribution in [0.3, 0.4) is 0 Å². The summed E-state index contributed by atoms with van der Waals surface area (Å²) in [5.41, 5.74) is 0. The van der Waals surface area contributed by atoms with Crippen LogP contribution >= 0.6 is 0 Å². The smallest absolute Gasteiger partial charge is 0.409 e. The monoisotopic (exact) mass is 230 g/mol. The number of amides is 2. The van der Waals surface area contributed by atoms with Gasteiger partial charge < -0.3 is 14.5 Å². The minimum Gasteiger partial charge on any atom is -0.450 e. The number of hydrogen-bond donors (Lipinski definition) is 0. The van der Waals surface area contributed by atoms with Gasteiger partial charge in [-0.05, 0) is 6.92 Å². The summed E-state index contributed by atoms with van der Waals surface area (Å²) in [4.78, 5) is 25.6. The van der Waals surface area contributed by atoms with Gasteiger partial charge in [-0.25, -0.2) is 4.79 Å². The van der Waals surface area contributed by atoms with Gasteiger partial charge in [0.25, 0.3) is 0 Å². The van der Waals surface area contributed by atoms with Gasteiger partial charge in [-0.1, -0.05) is 13.8 Å². The molecule has 0 aromatic carbocycles. The molecular formula is C11H22N2O3. The summed E-state index contributed by atoms with van der Waals surface area (Å²) in [6.07, 6.45) is -0.282. The largest absolute Gasteiger partial charge is 0.450 e. The molecule has 0 bridgehead atoms. The van der Waals surface area contributed by atoms with Crippen LogP contribution in [0, 0.1) is 0 Å². The van der Waals surface area contributed by atoms with Crippen molar-refractivity contribution >= 4 is 12.0 Å². The molecule has 0 radical (unpaired) electrons. The van der Waals surface area contributed by atoms with E-state index in [0.29, 0.717) is 32.8 Å². The van der Waals surface area contributed by atoms with Crippen molar-refractivity contribution in [2.24, 2.45) is 0 Å². The second-order valence-corrected chi connectivity index (χ2v) is 3.19. The average Bonchev–Trinajstić information content (AvgIpc) is 2.32. The minimum atomic E-state index is -0.282. The second-order valence-electron chi connectivity index (χ2n) is 3.19. The van der Waals surface area contributed by atoms with Gasteiger partial charge in [-0.15, -0.1) is 0 Å². The number of hydrogen-bond acceptors (Lipinski definition) is 3. The molecule has 0 aromatic heterocycles. The van der Waals surface area contributed by atoms with Crippen LogP contribution in [0.25, 0.3) is 0 Å². The van der Waals surface area contributed by atoms with Gasteiger partial charge >= 0.3 is 6.09 Å². The number of carbonyl (C=O) groups is 2. The first-order chi connectivity index (χ1) is 7.65. The van der Waals surface area contributed by atoms with E-state index in [9.17, 15) is 9.59 Å². The summed E-state index contributed by atoms with van der Waals surface area (Å²) in [6, 6.07) is 0. The van der Waals surface area contributed by atoms with Crippen LogP contribution in [0.2, 0.25) is 0 Å². The lowest BCUT2D eigenvalue weighted by Gasteiger charge is -2.33. The number of piperazine rings is 1. The highest BCUT2D eigenvalue weighted by Crippen LogP contribution is 2.03. The summed E-state index contributed by atoms with van der Waals surface area (Å²) in [5.74, 6) is 0.0634. The van der Waals surface area contributed by atoms with Crippen LogP contribution in [0.1, 0.15) is 27.7 Å². The Morgan fingerprint density at radius 3 is 1.88 bits per heavy atom. The third-order valence-electron chi connectivity index (χ3n) is 2.25. The number of ether oxygens (including phenoxy) is 1. The van der Waals surface area contributed by atoms with Crippen molar-refractivity contribution in [3.05, 3.63) is 0 Å². The first-order valence-electron chi connectivity index (χ1n) is 5.82. The molecule has 1 fully saturated rings. The van der Waals surface area contributed by atoms with Gasteiger partial charge in [-0.2, -0.15) is 0 Å². The molecular weight excluding hydrogens is 208 g/mol. The summed E-state index contributed by atoms with van der Waals surface area (Å²) in [6.45, 7) is 10.1. The Hall–Kier alpha value is -1.26. The molecule has 1 heterocycles. The van der Waals surface area contributed by atoms with E-state index in [0.717, 1.165) is 0 Å². The molecule has 1 rings (SSSR count). The second kappa shape index (κ2) is 7.96. The maximum atomic E-state index is 11.3. The molecule has 16 heavy (non-hydrogen) atoms. The van der Waals surface area contributed by atoms with E-state index in [1.54, 1.807) is 23.6 Å². The Balaban J connectivity index is 0.00000106. The molecule has 0 aliphatic carbocycles. The Labute approximate surface area is 97.3 Å². The Morgan fingerprint density at radius 2 is 1.50 bits per heavy atom. The predicted octanol–water partition coefficient (Wildman–Crippen LogP) is 1.33. The maximum absolute atomic E-state index is 11.3. The zero-order valence-corrected chi connectivity index (χ0v) is 10.7. The van der Waals surface area contributed by atoms with E-state index in [-0.39, 0.29) is 12.0 Å². The highest BCUT2D eigenvalue weighted by Gasteiger charge is 2.22. The fourth-order valence-electron chi connectivity index (χ4n) is 1.42. The number of carbonyl (C=O) groups excluding carboxylic acids is 2. The van der Waals surface area contributed by atoms with Crippen LogP contribution in [0.15, 0.2) is 0 Å². The molecule has 1 aliphatic heterocycles. The summed E-state index contributed by atoms with van der Waals surface area (Å²) >= 11 is 0. The van der Waals surface area contributed by atoms with E-state index >= 15 is 0 Å². The molecule has 0 spiro atoms. The lowest BCUT2D eigenvalue weighted by molar-refractivity contribution is -0.130. The van der Waals surface area contributed by atoms with Crippen LogP contribution in [0.5, 0.6) is 0 Å². The minimum absolute atomic E-state index is 0.0634. The SMILES string of the molecule is CC.CCOC(=O)N1CCN(C(C)=O)CC1. The van der Waals surface area contributed by atoms with Crippen molar-refractivity contribution in [1.29, 1.82) is 0 Å². The summed E-state index contributed by atoms with van der Waals surface area (Å²) < 4.78 is 4.86. The zero-order valence-electron chi connectivity index (χ0n) is 10.7. The van der Waals surface area contributed by atoms with Crippen molar-refractivity contribution in [3.63, 3.8) is 0 Å². The molecule has 1 saturated heterocycles. The van der Waals surface area contributed by atoms with Crippen molar-refractivity contribution < 1.29 is 14.3 Å². The molecule has 5 nitrogen and oxygen atoms in total. The molecule has 0 aromatic rings. The van der Waals surface area contributed by atoms with Crippen molar-refractivity contribution in [3.8, 4) is 0 Å². The topological polar surface area (TPSA) is 49.9 Å². The van der Waals surface area contributed by atoms with Gasteiger partial charge in [0.05, 0.1) is 6.61 Å². The molecule has 94 valence electrons. The van der Waals surface area contributed by atoms with E-state index < -0.39 is 0 Å². The number of rotatable bonds is 1. The van der Waals surface area contributed by atoms with Crippen LogP contribution in [-0.2, 0) is 9.53 Å². The van der Waals surface area contributed by atoms with Gasteiger partial charge in [0.15, 0.2) is 0 Å². The van der Waals surface area contributed by atoms with E-state index in [4.69, 9.17) is 4.74 Å². The van der Waals surface area contributed by atoms with Crippen molar-refractivity contribution in [2.75, 3.05) is 32.8 Å². The normalized spacial score (nSPS) is 15.0. The fourth-order valence-corrected chi connectivity index (χ4v) is 1.42. The Kier molecular flexibility index (Phi) is 7.33. The molecule has 5 heteroatoms. The highest BCUT2D eigenvalue weighted by atomic mass is 16.6. The third kappa shape index (κ3) is 4.51. The third-order valence-corrected chi connectivity index (χ3v) is 2.25. The van der Waals surface area contributed by atoms with E-state index in [1.165, 1.54) is 0 Å². The van der Waals surface area contributed by atoms with Gasteiger partial charge in [-0.3, -0.25) is 4.79 Å². The lowest BCUT2D eigenvalue weighted by Crippen LogP contribution is -2.50. The van der Waals surface area contributed by atoms with Crippen LogP contribution < -0.4 is 0 Å². The first kappa shape index (κ1) is 14.7. The van der Waals surface area contributed by atoms with Gasteiger partial charge in [0.1, 0.15) is 0 Å². The van der Waals surface area contributed by atoms with Crippen molar-refractivity contribution in [2.45, 2.75) is 27.7 Å². The molecule has 1 aliphatic rings. The van der Waals surface area contributed by atoms with Gasteiger partial charge in [0.2, 0.25) is 5.91 Å². The van der Waals surface area contributed by atoms with Crippen LogP contribution in [-0.4, -0.2) is 54.6 Å². The van der Waals surface area contributed by atoms with Crippen LogP contribution in [0.4, 0.5) is 4.79 Å². The summed E-state index contributed by atoms with van der Waals surface area (Å²) in [5, 5.41) is 0. The molecule has 0 N–H and O–H groups in total. The zero-order chi connectivity index (χ0) is 12.6. The fraction of sp³-hybridized carbons (Fsp3) is 0.818. The first-order valence-corrected chi connectivity index (χ1v) is 5.82. The molecule has 2 amide bonds. The number of nitrogens with zero attached hydrogens (tertiary/aromatic N) is 2. The lowest BCUT2D eigenvalue weighted by atomic mass is 10.3.